The fraction of sp³-hybridized carbons (Fsp3) is 0.192. The quantitative estimate of drug-likeness (QED) is 0.394. The number of methoxy groups -OCH3 is 1. The molecule has 2 aromatic carbocycles. The average molecular weight is 422 g/mol. The topological polar surface area (TPSA) is 79.5 Å². The molecule has 0 atom stereocenters. The molecular weight excluding hydrogens is 398 g/mol. The highest BCUT2D eigenvalue weighted by molar-refractivity contribution is 5.97. The van der Waals surface area contributed by atoms with Crippen LogP contribution in [0.15, 0.2) is 61.2 Å². The molecule has 0 radical (unpaired) electrons. The number of benzene rings is 2. The summed E-state index contributed by atoms with van der Waals surface area (Å²) in [7, 11) is 1.57. The monoisotopic (exact) mass is 421 g/mol. The first-order valence-corrected chi connectivity index (χ1v) is 10.4. The van der Waals surface area contributed by atoms with E-state index in [-0.39, 0.29) is 5.54 Å². The number of pyridine rings is 1. The maximum Gasteiger partial charge on any atom is 0.137 e. The van der Waals surface area contributed by atoms with E-state index >= 15 is 0 Å². The first-order chi connectivity index (χ1) is 15.4. The van der Waals surface area contributed by atoms with Gasteiger partial charge >= 0.3 is 0 Å². The molecule has 3 aromatic heterocycles. The molecule has 6 heteroatoms. The van der Waals surface area contributed by atoms with Crippen LogP contribution in [0.1, 0.15) is 26.3 Å². The van der Waals surface area contributed by atoms with Gasteiger partial charge in [-0.15, -0.1) is 0 Å². The molecule has 0 bridgehead atoms. The van der Waals surface area contributed by atoms with Gasteiger partial charge in [-0.25, -0.2) is 9.97 Å². The molecule has 0 aliphatic heterocycles. The van der Waals surface area contributed by atoms with Crippen LogP contribution in [0, 0.1) is 11.3 Å². The standard InChI is InChI=1S/C26H23N5O/c1-26(2,3)31-15-30-22-8-7-17(10-23(22)31)21-14-29-25-20(21)9-19(13-28-25)16-5-6-18(12-27)24(11-16)32-4/h5-11,13-15H,1-4H3,(H,28,29). The average Bonchev–Trinajstić information content (AvgIpc) is 3.41. The molecule has 0 saturated heterocycles. The summed E-state index contributed by atoms with van der Waals surface area (Å²) in [6.07, 6.45) is 5.74. The van der Waals surface area contributed by atoms with Crippen molar-refractivity contribution in [2.24, 2.45) is 0 Å². The maximum atomic E-state index is 9.26. The number of nitrogens with one attached hydrogen (secondary N) is 1. The molecular formula is C26H23N5O. The van der Waals surface area contributed by atoms with Gasteiger partial charge in [-0.1, -0.05) is 12.1 Å². The number of aromatic amines is 1. The van der Waals surface area contributed by atoms with E-state index in [0.717, 1.165) is 44.3 Å². The van der Waals surface area contributed by atoms with Gasteiger partial charge < -0.3 is 14.3 Å². The van der Waals surface area contributed by atoms with Crippen molar-refractivity contribution in [2.45, 2.75) is 26.3 Å². The summed E-state index contributed by atoms with van der Waals surface area (Å²) in [6.45, 7) is 6.53. The molecule has 0 unspecified atom stereocenters. The van der Waals surface area contributed by atoms with Crippen LogP contribution in [0.4, 0.5) is 0 Å². The number of hydrogen-bond acceptors (Lipinski definition) is 4. The van der Waals surface area contributed by atoms with Crippen molar-refractivity contribution >= 4 is 22.1 Å². The smallest absolute Gasteiger partial charge is 0.137 e. The largest absolute Gasteiger partial charge is 0.495 e. The highest BCUT2D eigenvalue weighted by Crippen LogP contribution is 2.34. The lowest BCUT2D eigenvalue weighted by atomic mass is 10.0. The van der Waals surface area contributed by atoms with Crippen LogP contribution >= 0.6 is 0 Å². The molecule has 32 heavy (non-hydrogen) atoms. The number of aromatic nitrogens is 4. The number of H-pyrrole nitrogens is 1. The highest BCUT2D eigenvalue weighted by Gasteiger charge is 2.17. The second kappa shape index (κ2) is 7.24. The lowest BCUT2D eigenvalue weighted by Gasteiger charge is -2.21. The zero-order chi connectivity index (χ0) is 22.5. The summed E-state index contributed by atoms with van der Waals surface area (Å²) >= 11 is 0. The number of nitrogens with zero attached hydrogens (tertiary/aromatic N) is 4. The second-order valence-corrected chi connectivity index (χ2v) is 8.84. The number of rotatable bonds is 3. The van der Waals surface area contributed by atoms with Crippen molar-refractivity contribution in [3.8, 4) is 34.1 Å². The Morgan fingerprint density at radius 3 is 2.56 bits per heavy atom. The fourth-order valence-corrected chi connectivity index (χ4v) is 4.07. The Kier molecular flexibility index (Phi) is 4.49. The third kappa shape index (κ3) is 3.19. The van der Waals surface area contributed by atoms with Gasteiger partial charge in [0.1, 0.15) is 17.5 Å². The normalized spacial score (nSPS) is 11.7. The summed E-state index contributed by atoms with van der Waals surface area (Å²) in [4.78, 5) is 12.5. The zero-order valence-electron chi connectivity index (χ0n) is 18.5. The van der Waals surface area contributed by atoms with E-state index in [1.165, 1.54) is 0 Å². The van der Waals surface area contributed by atoms with Crippen LogP contribution in [0.2, 0.25) is 0 Å². The van der Waals surface area contributed by atoms with Gasteiger partial charge in [0.2, 0.25) is 0 Å². The number of nitriles is 1. The van der Waals surface area contributed by atoms with Crippen molar-refractivity contribution < 1.29 is 4.74 Å². The zero-order valence-corrected chi connectivity index (χ0v) is 18.5. The summed E-state index contributed by atoms with van der Waals surface area (Å²) in [5.41, 5.74) is 7.45. The lowest BCUT2D eigenvalue weighted by Crippen LogP contribution is -2.20. The van der Waals surface area contributed by atoms with Crippen LogP contribution < -0.4 is 4.74 Å². The maximum absolute atomic E-state index is 9.26. The van der Waals surface area contributed by atoms with Crippen LogP contribution in [-0.2, 0) is 5.54 Å². The number of hydrogen-bond donors (Lipinski definition) is 1. The minimum atomic E-state index is -0.0586. The fourth-order valence-electron chi connectivity index (χ4n) is 4.07. The molecule has 1 N–H and O–H groups in total. The summed E-state index contributed by atoms with van der Waals surface area (Å²) < 4.78 is 7.58. The van der Waals surface area contributed by atoms with E-state index in [1.54, 1.807) is 13.2 Å². The third-order valence-electron chi connectivity index (χ3n) is 5.77. The molecule has 0 amide bonds. The van der Waals surface area contributed by atoms with E-state index in [9.17, 15) is 5.26 Å². The van der Waals surface area contributed by atoms with Gasteiger partial charge in [0, 0.05) is 34.4 Å². The van der Waals surface area contributed by atoms with Crippen LogP contribution in [0.5, 0.6) is 5.75 Å². The van der Waals surface area contributed by atoms with Gasteiger partial charge in [0.05, 0.1) is 30.0 Å². The van der Waals surface area contributed by atoms with Gasteiger partial charge in [-0.2, -0.15) is 5.26 Å². The Morgan fingerprint density at radius 1 is 1.00 bits per heavy atom. The summed E-state index contributed by atoms with van der Waals surface area (Å²) in [5.74, 6) is 0.556. The molecule has 0 aliphatic carbocycles. The Bertz CT molecular complexity index is 1510. The van der Waals surface area contributed by atoms with E-state index in [4.69, 9.17) is 4.74 Å². The lowest BCUT2D eigenvalue weighted by molar-refractivity contribution is 0.408. The molecule has 5 rings (SSSR count). The molecule has 0 saturated carbocycles. The van der Waals surface area contributed by atoms with Crippen molar-refractivity contribution in [3.05, 3.63) is 66.7 Å². The summed E-state index contributed by atoms with van der Waals surface area (Å²) in [5, 5.41) is 10.3. The first-order valence-electron chi connectivity index (χ1n) is 10.4. The van der Waals surface area contributed by atoms with Gasteiger partial charge in [0.25, 0.3) is 0 Å². The van der Waals surface area contributed by atoms with E-state index in [0.29, 0.717) is 11.3 Å². The molecule has 5 aromatic rings. The molecule has 158 valence electrons. The van der Waals surface area contributed by atoms with Crippen molar-refractivity contribution in [1.82, 2.24) is 19.5 Å². The van der Waals surface area contributed by atoms with Crippen LogP contribution in [-0.4, -0.2) is 26.6 Å². The van der Waals surface area contributed by atoms with Crippen LogP contribution in [0.25, 0.3) is 44.3 Å². The minimum Gasteiger partial charge on any atom is -0.495 e. The highest BCUT2D eigenvalue weighted by atomic mass is 16.5. The van der Waals surface area contributed by atoms with Crippen LogP contribution in [0.3, 0.4) is 0 Å². The number of ether oxygens (including phenoxy) is 1. The van der Waals surface area contributed by atoms with E-state index < -0.39 is 0 Å². The molecule has 0 aliphatic rings. The second-order valence-electron chi connectivity index (χ2n) is 8.84. The predicted molar refractivity (Wildman–Crippen MR) is 127 cm³/mol. The molecule has 0 spiro atoms. The van der Waals surface area contributed by atoms with Gasteiger partial charge in [-0.05, 0) is 62.2 Å². The van der Waals surface area contributed by atoms with Gasteiger partial charge in [0.15, 0.2) is 0 Å². The summed E-state index contributed by atoms with van der Waals surface area (Å²) in [6, 6.07) is 16.2. The number of imidazole rings is 1. The Balaban J connectivity index is 1.65. The number of fused-ring (bicyclic) bond motifs is 2. The van der Waals surface area contributed by atoms with Gasteiger partial charge in [-0.3, -0.25) is 0 Å². The Morgan fingerprint density at radius 2 is 1.81 bits per heavy atom. The minimum absolute atomic E-state index is 0.0586. The van der Waals surface area contributed by atoms with Crippen molar-refractivity contribution in [3.63, 3.8) is 0 Å². The predicted octanol–water partition coefficient (Wildman–Crippen LogP) is 5.88. The Labute approximate surface area is 186 Å². The van der Waals surface area contributed by atoms with E-state index in [2.05, 4.69) is 70.6 Å². The molecule has 3 heterocycles. The molecule has 6 nitrogen and oxygen atoms in total. The first kappa shape index (κ1) is 19.8. The molecule has 0 fully saturated rings. The SMILES string of the molecule is COc1cc(-c2cnc3[nH]cc(-c4ccc5ncn(C(C)(C)C)c5c4)c3c2)ccc1C#N. The van der Waals surface area contributed by atoms with Crippen molar-refractivity contribution in [1.29, 1.82) is 5.26 Å². The Hall–Kier alpha value is -4.11. The van der Waals surface area contributed by atoms with E-state index in [1.807, 2.05) is 30.9 Å². The van der Waals surface area contributed by atoms with Crippen molar-refractivity contribution in [2.75, 3.05) is 7.11 Å². The third-order valence-corrected chi connectivity index (χ3v) is 5.77.